The fourth-order valence-corrected chi connectivity index (χ4v) is 6.27. The van der Waals surface area contributed by atoms with Gasteiger partial charge in [-0.1, -0.05) is 23.7 Å². The fraction of sp³-hybridized carbons (Fsp3) is 0.400. The summed E-state index contributed by atoms with van der Waals surface area (Å²) in [5, 5.41) is 4.90. The van der Waals surface area contributed by atoms with Gasteiger partial charge in [0.25, 0.3) is 5.91 Å². The number of nitrogens with zero attached hydrogens (tertiary/aromatic N) is 2. The van der Waals surface area contributed by atoms with Gasteiger partial charge in [0.05, 0.1) is 12.3 Å². The van der Waals surface area contributed by atoms with E-state index < -0.39 is 0 Å². The lowest BCUT2D eigenvalue weighted by Crippen LogP contribution is -2.46. The minimum absolute atomic E-state index is 0.0889. The predicted molar refractivity (Wildman–Crippen MR) is 130 cm³/mol. The number of piperazine rings is 1. The molecule has 7 heteroatoms. The van der Waals surface area contributed by atoms with Crippen molar-refractivity contribution in [3.63, 3.8) is 0 Å². The highest BCUT2D eigenvalue weighted by atomic mass is 35.5. The SMILES string of the molecule is CN1CCN([C@@H](c2ccc(Cl)cc2)c2c(NC(=O)c3ccco3)sc3c2CCCC3)CC1. The molecule has 1 aliphatic heterocycles. The van der Waals surface area contributed by atoms with Crippen LogP contribution in [-0.4, -0.2) is 48.9 Å². The highest BCUT2D eigenvalue weighted by Gasteiger charge is 2.33. The Morgan fingerprint density at radius 3 is 2.56 bits per heavy atom. The second kappa shape index (κ2) is 9.40. The zero-order chi connectivity index (χ0) is 22.1. The fourth-order valence-electron chi connectivity index (χ4n) is 4.83. The molecular weight excluding hydrogens is 442 g/mol. The Balaban J connectivity index is 1.59. The summed E-state index contributed by atoms with van der Waals surface area (Å²) in [7, 11) is 2.18. The normalized spacial score (nSPS) is 18.3. The third-order valence-electron chi connectivity index (χ3n) is 6.55. The Bertz CT molecular complexity index is 1070. The van der Waals surface area contributed by atoms with Gasteiger partial charge in [0.1, 0.15) is 5.00 Å². The molecule has 1 aromatic carbocycles. The lowest BCUT2D eigenvalue weighted by Gasteiger charge is -2.39. The van der Waals surface area contributed by atoms with Crippen molar-refractivity contribution in [3.8, 4) is 0 Å². The van der Waals surface area contributed by atoms with E-state index >= 15 is 0 Å². The highest BCUT2D eigenvalue weighted by molar-refractivity contribution is 7.16. The first-order chi connectivity index (χ1) is 15.6. The minimum atomic E-state index is -0.192. The second-order valence-electron chi connectivity index (χ2n) is 8.68. The number of carbonyl (C=O) groups excluding carboxylic acids is 1. The van der Waals surface area contributed by atoms with E-state index in [9.17, 15) is 4.79 Å². The molecular formula is C25H28ClN3O2S. The lowest BCUT2D eigenvalue weighted by molar-refractivity contribution is 0.0996. The Morgan fingerprint density at radius 2 is 1.84 bits per heavy atom. The molecule has 32 heavy (non-hydrogen) atoms. The highest BCUT2D eigenvalue weighted by Crippen LogP contribution is 2.45. The number of fused-ring (bicyclic) bond motifs is 1. The molecule has 1 saturated heterocycles. The number of halogens is 1. The molecule has 168 valence electrons. The van der Waals surface area contributed by atoms with Gasteiger partial charge < -0.3 is 14.6 Å². The maximum absolute atomic E-state index is 12.9. The molecule has 3 aromatic rings. The molecule has 1 atom stereocenters. The van der Waals surface area contributed by atoms with Crippen LogP contribution in [0.25, 0.3) is 0 Å². The van der Waals surface area contributed by atoms with E-state index in [-0.39, 0.29) is 11.9 Å². The molecule has 5 nitrogen and oxygen atoms in total. The van der Waals surface area contributed by atoms with Crippen molar-refractivity contribution in [3.05, 3.63) is 75.0 Å². The van der Waals surface area contributed by atoms with Gasteiger partial charge in [-0.3, -0.25) is 9.69 Å². The van der Waals surface area contributed by atoms with Gasteiger partial charge in [-0.25, -0.2) is 0 Å². The molecule has 1 fully saturated rings. The molecule has 2 aromatic heterocycles. The number of amides is 1. The minimum Gasteiger partial charge on any atom is -0.459 e. The molecule has 3 heterocycles. The summed E-state index contributed by atoms with van der Waals surface area (Å²) in [5.74, 6) is 0.146. The summed E-state index contributed by atoms with van der Waals surface area (Å²) in [4.78, 5) is 19.3. The van der Waals surface area contributed by atoms with E-state index in [1.807, 2.05) is 12.1 Å². The summed E-state index contributed by atoms with van der Waals surface area (Å²) < 4.78 is 5.36. The summed E-state index contributed by atoms with van der Waals surface area (Å²) in [5.41, 5.74) is 3.91. The Labute approximate surface area is 198 Å². The Kier molecular flexibility index (Phi) is 6.37. The number of furan rings is 1. The number of likely N-dealkylation sites (N-methyl/N-ethyl adjacent to an activating group) is 1. The van der Waals surface area contributed by atoms with Crippen molar-refractivity contribution < 1.29 is 9.21 Å². The number of hydrogen-bond acceptors (Lipinski definition) is 5. The predicted octanol–water partition coefficient (Wildman–Crippen LogP) is 5.46. The van der Waals surface area contributed by atoms with Crippen LogP contribution < -0.4 is 5.32 Å². The van der Waals surface area contributed by atoms with Crippen LogP contribution in [0, 0.1) is 0 Å². The van der Waals surface area contributed by atoms with E-state index in [1.165, 1.54) is 40.7 Å². The van der Waals surface area contributed by atoms with E-state index in [0.29, 0.717) is 5.76 Å². The number of anilines is 1. The number of nitrogens with one attached hydrogen (secondary N) is 1. The van der Waals surface area contributed by atoms with Crippen molar-refractivity contribution in [2.24, 2.45) is 0 Å². The molecule has 5 rings (SSSR count). The van der Waals surface area contributed by atoms with Gasteiger partial charge >= 0.3 is 0 Å². The Hall–Kier alpha value is -2.12. The Morgan fingerprint density at radius 1 is 1.09 bits per heavy atom. The summed E-state index contributed by atoms with van der Waals surface area (Å²) in [6.45, 7) is 4.04. The first-order valence-corrected chi connectivity index (χ1v) is 12.5. The lowest BCUT2D eigenvalue weighted by atomic mass is 9.88. The van der Waals surface area contributed by atoms with Gasteiger partial charge in [0, 0.05) is 41.6 Å². The largest absolute Gasteiger partial charge is 0.459 e. The van der Waals surface area contributed by atoms with E-state index in [4.69, 9.17) is 16.0 Å². The van der Waals surface area contributed by atoms with Crippen LogP contribution in [0.4, 0.5) is 5.00 Å². The molecule has 1 amide bonds. The average Bonchev–Trinajstić information content (AvgIpc) is 3.45. The third-order valence-corrected chi connectivity index (χ3v) is 8.02. The smallest absolute Gasteiger partial charge is 0.291 e. The quantitative estimate of drug-likeness (QED) is 0.538. The number of aryl methyl sites for hydroxylation is 1. The van der Waals surface area contributed by atoms with Crippen LogP contribution >= 0.6 is 22.9 Å². The number of carbonyl (C=O) groups is 1. The van der Waals surface area contributed by atoms with Crippen molar-refractivity contribution in [2.75, 3.05) is 38.5 Å². The zero-order valence-corrected chi connectivity index (χ0v) is 19.8. The maximum Gasteiger partial charge on any atom is 0.291 e. The van der Waals surface area contributed by atoms with Crippen LogP contribution in [-0.2, 0) is 12.8 Å². The first-order valence-electron chi connectivity index (χ1n) is 11.3. The summed E-state index contributed by atoms with van der Waals surface area (Å²) >= 11 is 7.97. The molecule has 0 saturated carbocycles. The first kappa shape index (κ1) is 21.7. The number of benzene rings is 1. The van der Waals surface area contributed by atoms with Gasteiger partial charge in [0.2, 0.25) is 0 Å². The van der Waals surface area contributed by atoms with Crippen LogP contribution in [0.3, 0.4) is 0 Å². The van der Waals surface area contributed by atoms with Crippen LogP contribution in [0.15, 0.2) is 47.1 Å². The number of hydrogen-bond donors (Lipinski definition) is 1. The summed E-state index contributed by atoms with van der Waals surface area (Å²) in [6, 6.07) is 11.8. The molecule has 1 N–H and O–H groups in total. The van der Waals surface area contributed by atoms with E-state index in [1.54, 1.807) is 23.5 Å². The maximum atomic E-state index is 12.9. The number of thiophene rings is 1. The molecule has 0 spiro atoms. The van der Waals surface area contributed by atoms with Gasteiger partial charge in [0.15, 0.2) is 5.76 Å². The number of rotatable bonds is 5. The van der Waals surface area contributed by atoms with Crippen LogP contribution in [0.2, 0.25) is 5.02 Å². The van der Waals surface area contributed by atoms with Gasteiger partial charge in [-0.05, 0) is 68.1 Å². The van der Waals surface area contributed by atoms with E-state index in [2.05, 4.69) is 34.3 Å². The van der Waals surface area contributed by atoms with Gasteiger partial charge in [-0.15, -0.1) is 11.3 Å². The summed E-state index contributed by atoms with van der Waals surface area (Å²) in [6.07, 6.45) is 6.09. The third kappa shape index (κ3) is 4.37. The molecule has 0 unspecified atom stereocenters. The standard InChI is InChI=1S/C25H28ClN3O2S/c1-28-12-14-29(15-13-28)23(17-8-10-18(26)11-9-17)22-19-5-2-3-7-21(19)32-25(22)27-24(30)20-6-4-16-31-20/h4,6,8-11,16,23H,2-3,5,7,12-15H2,1H3,(H,27,30)/t23-/m0/s1. The monoisotopic (exact) mass is 469 g/mol. The topological polar surface area (TPSA) is 48.7 Å². The molecule has 2 aliphatic rings. The van der Waals surface area contributed by atoms with Crippen molar-refractivity contribution in [2.45, 2.75) is 31.7 Å². The van der Waals surface area contributed by atoms with Crippen LogP contribution in [0.5, 0.6) is 0 Å². The van der Waals surface area contributed by atoms with Crippen LogP contribution in [0.1, 0.15) is 51.0 Å². The molecule has 1 aliphatic carbocycles. The van der Waals surface area contributed by atoms with Crippen molar-refractivity contribution in [1.29, 1.82) is 0 Å². The molecule has 0 radical (unpaired) electrons. The van der Waals surface area contributed by atoms with Crippen molar-refractivity contribution in [1.82, 2.24) is 9.80 Å². The van der Waals surface area contributed by atoms with E-state index in [0.717, 1.165) is 49.0 Å². The molecule has 0 bridgehead atoms. The second-order valence-corrected chi connectivity index (χ2v) is 10.2. The zero-order valence-electron chi connectivity index (χ0n) is 18.3. The van der Waals surface area contributed by atoms with Gasteiger partial charge in [-0.2, -0.15) is 0 Å². The average molecular weight is 470 g/mol. The van der Waals surface area contributed by atoms with Crippen molar-refractivity contribution >= 4 is 33.8 Å².